The summed E-state index contributed by atoms with van der Waals surface area (Å²) < 4.78 is 0. The first-order valence-electron chi connectivity index (χ1n) is 4.00. The van der Waals surface area contributed by atoms with E-state index in [4.69, 9.17) is 0 Å². The number of hydrogen-bond acceptors (Lipinski definition) is 0. The minimum Gasteiger partial charge on any atom is -0.0478 e. The van der Waals surface area contributed by atoms with Gasteiger partial charge in [-0.1, -0.05) is 0 Å². The summed E-state index contributed by atoms with van der Waals surface area (Å²) in [5.74, 6) is 0. The fourth-order valence-corrected chi connectivity index (χ4v) is 0.770. The Kier molecular flexibility index (Phi) is 4.39. The molecule has 0 amide bonds. The summed E-state index contributed by atoms with van der Waals surface area (Å²) in [6, 6.07) is 24.0. The van der Waals surface area contributed by atoms with Gasteiger partial charge in [-0.25, -0.2) is 0 Å². The second-order valence-electron chi connectivity index (χ2n) is 2.31. The first-order valence-corrected chi connectivity index (χ1v) is 4.00. The van der Waals surface area contributed by atoms with E-state index in [0.717, 1.165) is 0 Å². The molecule has 0 radical (unpaired) electrons. The van der Waals surface area contributed by atoms with Gasteiger partial charge in [0.15, 0.2) is 0 Å². The lowest BCUT2D eigenvalue weighted by Crippen LogP contribution is -1.47. The monoisotopic (exact) mass is 156 g/mol. The fourth-order valence-electron chi connectivity index (χ4n) is 0.770. The molecule has 0 saturated heterocycles. The van der Waals surface area contributed by atoms with Gasteiger partial charge in [-0.2, -0.15) is 0 Å². The molecule has 1 rings (SSSR count). The summed E-state index contributed by atoms with van der Waals surface area (Å²) in [6.07, 6.45) is 0. The summed E-state index contributed by atoms with van der Waals surface area (Å²) in [4.78, 5) is 0. The molecule has 12 heavy (non-hydrogen) atoms. The van der Waals surface area contributed by atoms with Crippen molar-refractivity contribution in [3.8, 4) is 0 Å². The Labute approximate surface area is 73.5 Å². The third-order valence-corrected chi connectivity index (χ3v) is 1.33. The molecule has 0 heterocycles. The Bertz CT molecular complexity index is 175. The highest BCUT2D eigenvalue weighted by Gasteiger charge is 1.70. The summed E-state index contributed by atoms with van der Waals surface area (Å²) in [6.45, 7) is 0. The van der Waals surface area contributed by atoms with Crippen LogP contribution in [0.1, 0.15) is 0 Å². The normalized spacial score (nSPS) is 8.00. The lowest BCUT2D eigenvalue weighted by molar-refractivity contribution is 1.72. The number of rotatable bonds is 0. The van der Waals surface area contributed by atoms with Gasteiger partial charge in [0.2, 0.25) is 0 Å². The first kappa shape index (κ1) is 8.54. The minimum atomic E-state index is 2.00. The first-order chi connectivity index (χ1) is 6.00. The molecule has 0 atom stereocenters. The molecule has 0 spiro atoms. The van der Waals surface area contributed by atoms with E-state index < -0.39 is 0 Å². The smallest absolute Gasteiger partial charge is 0.0478 e. The van der Waals surface area contributed by atoms with E-state index in [-0.39, 0.29) is 0 Å². The Balaban J connectivity index is 3.00. The molecule has 0 bridgehead atoms. The van der Waals surface area contributed by atoms with Gasteiger partial charge in [0.25, 0.3) is 0 Å². The van der Waals surface area contributed by atoms with Crippen LogP contribution >= 0.6 is 0 Å². The van der Waals surface area contributed by atoms with Gasteiger partial charge in [-0.3, -0.25) is 0 Å². The molecule has 0 aromatic heterocycles. The SMILES string of the molecule is c1cccc[cH+]cc[cH+]ccc1. The van der Waals surface area contributed by atoms with E-state index in [9.17, 15) is 0 Å². The van der Waals surface area contributed by atoms with Crippen LogP contribution in [-0.4, -0.2) is 0 Å². The van der Waals surface area contributed by atoms with E-state index in [1.54, 1.807) is 0 Å². The van der Waals surface area contributed by atoms with Gasteiger partial charge in [0.05, 0.1) is 24.3 Å². The molecule has 0 fully saturated rings. The van der Waals surface area contributed by atoms with E-state index in [2.05, 4.69) is 0 Å². The van der Waals surface area contributed by atoms with Gasteiger partial charge < -0.3 is 0 Å². The van der Waals surface area contributed by atoms with Crippen molar-refractivity contribution in [3.05, 3.63) is 72.8 Å². The van der Waals surface area contributed by atoms with Crippen molar-refractivity contribution >= 4 is 0 Å². The average molecular weight is 156 g/mol. The van der Waals surface area contributed by atoms with Crippen LogP contribution in [-0.2, 0) is 0 Å². The zero-order valence-corrected chi connectivity index (χ0v) is 6.93. The van der Waals surface area contributed by atoms with Gasteiger partial charge in [-0.15, -0.1) is 0 Å². The Morgan fingerprint density at radius 3 is 1.33 bits per heavy atom. The van der Waals surface area contributed by atoms with Crippen LogP contribution < -0.4 is 0 Å². The lowest BCUT2D eigenvalue weighted by atomic mass is 10.4. The lowest BCUT2D eigenvalue weighted by Gasteiger charge is -1.60. The second kappa shape index (κ2) is 6.17. The van der Waals surface area contributed by atoms with Crippen LogP contribution in [0, 0.1) is 0 Å². The molecule has 0 aliphatic carbocycles. The number of hydrogen-bond donors (Lipinski definition) is 0. The van der Waals surface area contributed by atoms with Gasteiger partial charge in [0, 0.05) is 12.1 Å². The molecular weight excluding hydrogens is 144 g/mol. The minimum absolute atomic E-state index is 2.00. The summed E-state index contributed by atoms with van der Waals surface area (Å²) in [5.41, 5.74) is 0. The predicted molar refractivity (Wildman–Crippen MR) is 52.9 cm³/mol. The van der Waals surface area contributed by atoms with Gasteiger partial charge in [0.1, 0.15) is 12.1 Å². The highest BCUT2D eigenvalue weighted by Crippen LogP contribution is 1.80. The highest BCUT2D eigenvalue weighted by atomic mass is 13.7. The quantitative estimate of drug-likeness (QED) is 0.505. The molecule has 0 aliphatic rings. The third kappa shape index (κ3) is 4.29. The Morgan fingerprint density at radius 1 is 0.417 bits per heavy atom. The van der Waals surface area contributed by atoms with Crippen molar-refractivity contribution < 1.29 is 0 Å². The van der Waals surface area contributed by atoms with Crippen LogP contribution in [0.5, 0.6) is 0 Å². The maximum atomic E-state index is 2.00. The summed E-state index contributed by atoms with van der Waals surface area (Å²) in [5, 5.41) is 0. The van der Waals surface area contributed by atoms with E-state index >= 15 is 0 Å². The second-order valence-corrected chi connectivity index (χ2v) is 2.31. The summed E-state index contributed by atoms with van der Waals surface area (Å²) in [7, 11) is 0. The molecule has 0 unspecified atom stereocenters. The van der Waals surface area contributed by atoms with Crippen molar-refractivity contribution in [1.29, 1.82) is 0 Å². The van der Waals surface area contributed by atoms with Crippen LogP contribution in [0.3, 0.4) is 0 Å². The van der Waals surface area contributed by atoms with Crippen molar-refractivity contribution in [2.45, 2.75) is 0 Å². The molecular formula is C12H12+2. The Morgan fingerprint density at radius 2 is 0.833 bits per heavy atom. The van der Waals surface area contributed by atoms with Crippen LogP contribution in [0.25, 0.3) is 0 Å². The van der Waals surface area contributed by atoms with E-state index in [0.29, 0.717) is 0 Å². The Hall–Kier alpha value is -1.56. The maximum Gasteiger partial charge on any atom is 0.133 e. The van der Waals surface area contributed by atoms with Crippen LogP contribution in [0.2, 0.25) is 0 Å². The maximum absolute atomic E-state index is 2.00. The standard InChI is InChI=1S/C12H12/c1-2-4-6-8-10-12-11-9-7-5-3-1/h1-12H/q+2. The van der Waals surface area contributed by atoms with Crippen molar-refractivity contribution in [1.82, 2.24) is 0 Å². The molecule has 0 saturated carbocycles. The van der Waals surface area contributed by atoms with Gasteiger partial charge >= 0.3 is 0 Å². The van der Waals surface area contributed by atoms with E-state index in [1.807, 2.05) is 72.8 Å². The molecule has 1 aromatic rings. The molecule has 0 nitrogen and oxygen atoms in total. The molecule has 0 heteroatoms. The zero-order valence-electron chi connectivity index (χ0n) is 6.93. The average Bonchev–Trinajstić information content (AvgIpc) is 2.05. The highest BCUT2D eigenvalue weighted by molar-refractivity contribution is 4.99. The van der Waals surface area contributed by atoms with E-state index in [1.165, 1.54) is 0 Å². The van der Waals surface area contributed by atoms with Gasteiger partial charge in [-0.05, 0) is 24.3 Å². The predicted octanol–water partition coefficient (Wildman–Crippen LogP) is 3.37. The molecule has 58 valence electrons. The summed E-state index contributed by atoms with van der Waals surface area (Å²) >= 11 is 0. The molecule has 1 aromatic carbocycles. The van der Waals surface area contributed by atoms with Crippen molar-refractivity contribution in [3.63, 3.8) is 0 Å². The molecule has 0 aliphatic heterocycles. The van der Waals surface area contributed by atoms with Crippen molar-refractivity contribution in [2.75, 3.05) is 0 Å². The topological polar surface area (TPSA) is 0 Å². The largest absolute Gasteiger partial charge is 0.133 e. The van der Waals surface area contributed by atoms with Crippen molar-refractivity contribution in [2.24, 2.45) is 0 Å². The fraction of sp³-hybridized carbons (Fsp3) is 0. The molecule has 0 N–H and O–H groups in total. The zero-order chi connectivity index (χ0) is 8.49. The van der Waals surface area contributed by atoms with Crippen LogP contribution in [0.4, 0.5) is 0 Å². The third-order valence-electron chi connectivity index (χ3n) is 1.33. The van der Waals surface area contributed by atoms with Crippen LogP contribution in [0.15, 0.2) is 72.8 Å².